The molecule has 0 aromatic rings. The molecule has 0 rings (SSSR count). The molecule has 4 unspecified atom stereocenters. The fourth-order valence-corrected chi connectivity index (χ4v) is 8.00. The van der Waals surface area contributed by atoms with Crippen molar-refractivity contribution in [1.29, 1.82) is 0 Å². The van der Waals surface area contributed by atoms with Crippen molar-refractivity contribution in [2.24, 2.45) is 0 Å². The van der Waals surface area contributed by atoms with E-state index in [2.05, 4.69) is 91.7 Å². The molecule has 0 aromatic heterocycles. The Balaban J connectivity index is 5.61. The third kappa shape index (κ3) is 18.1. The van der Waals surface area contributed by atoms with Gasteiger partial charge in [-0.15, -0.1) is 13.2 Å². The lowest BCUT2D eigenvalue weighted by atomic mass is 10.1. The van der Waals surface area contributed by atoms with Crippen LogP contribution in [0.15, 0.2) is 25.3 Å². The van der Waals surface area contributed by atoms with Crippen LogP contribution in [0.2, 0.25) is 78.6 Å². The zero-order valence-electron chi connectivity index (χ0n) is 23.7. The molecule has 0 radical (unpaired) electrons. The van der Waals surface area contributed by atoms with E-state index < -0.39 is 33.3 Å². The van der Waals surface area contributed by atoms with Crippen LogP contribution in [-0.2, 0) is 22.4 Å². The van der Waals surface area contributed by atoms with Crippen molar-refractivity contribution in [3.63, 3.8) is 0 Å². The maximum atomic E-state index is 6.56. The predicted molar refractivity (Wildman–Crippen MR) is 153 cm³/mol. The number of ether oxygens (including phenoxy) is 1. The van der Waals surface area contributed by atoms with Crippen LogP contribution in [0.4, 0.5) is 0 Å². The van der Waals surface area contributed by atoms with Gasteiger partial charge in [-0.3, -0.25) is 0 Å². The number of rotatable bonds is 18. The van der Waals surface area contributed by atoms with E-state index in [0.717, 1.165) is 12.8 Å². The summed E-state index contributed by atoms with van der Waals surface area (Å²) in [6.07, 6.45) is 4.95. The lowest BCUT2D eigenvalue weighted by molar-refractivity contribution is -0.0590. The van der Waals surface area contributed by atoms with Crippen molar-refractivity contribution in [1.82, 2.24) is 0 Å². The highest BCUT2D eigenvalue weighted by Gasteiger charge is 2.34. The van der Waals surface area contributed by atoms with Crippen LogP contribution in [0.5, 0.6) is 0 Å². The Kier molecular flexibility index (Phi) is 14.1. The molecule has 0 saturated heterocycles. The van der Waals surface area contributed by atoms with Gasteiger partial charge in [-0.1, -0.05) is 12.2 Å². The summed E-state index contributed by atoms with van der Waals surface area (Å²) in [4.78, 5) is 0. The molecule has 0 bridgehead atoms. The first-order valence-electron chi connectivity index (χ1n) is 12.3. The fraction of sp³-hybridized carbons (Fsp3) is 0.833. The molecule has 0 heterocycles. The molecule has 5 nitrogen and oxygen atoms in total. The molecule has 0 spiro atoms. The summed E-state index contributed by atoms with van der Waals surface area (Å²) in [7, 11) is -7.12. The molecule has 0 N–H and O–H groups in total. The Morgan fingerprint density at radius 2 is 0.727 bits per heavy atom. The van der Waals surface area contributed by atoms with Crippen molar-refractivity contribution in [3.8, 4) is 0 Å². The lowest BCUT2D eigenvalue weighted by Gasteiger charge is -2.37. The molecule has 0 aromatic carbocycles. The van der Waals surface area contributed by atoms with E-state index in [4.69, 9.17) is 22.4 Å². The Hall–Kier alpha value is 0.148. The maximum absolute atomic E-state index is 6.56. The average Bonchev–Trinajstić information content (AvgIpc) is 2.54. The smallest absolute Gasteiger partial charge is 0.184 e. The molecule has 0 aliphatic heterocycles. The Morgan fingerprint density at radius 3 is 0.939 bits per heavy atom. The molecule has 196 valence electrons. The highest BCUT2D eigenvalue weighted by Crippen LogP contribution is 2.23. The Morgan fingerprint density at radius 1 is 0.485 bits per heavy atom. The van der Waals surface area contributed by atoms with Crippen molar-refractivity contribution in [2.75, 3.05) is 13.2 Å². The molecule has 33 heavy (non-hydrogen) atoms. The van der Waals surface area contributed by atoms with Crippen LogP contribution in [-0.4, -0.2) is 70.9 Å². The van der Waals surface area contributed by atoms with Gasteiger partial charge >= 0.3 is 0 Å². The summed E-state index contributed by atoms with van der Waals surface area (Å²) in [6.45, 7) is 35.3. The summed E-state index contributed by atoms with van der Waals surface area (Å²) < 4.78 is 32.5. The molecule has 9 heteroatoms. The molecule has 0 fully saturated rings. The quantitative estimate of drug-likeness (QED) is 0.139. The minimum absolute atomic E-state index is 0.0561. The van der Waals surface area contributed by atoms with Crippen LogP contribution < -0.4 is 0 Å². The van der Waals surface area contributed by atoms with Gasteiger partial charge < -0.3 is 22.4 Å². The monoisotopic (exact) mass is 534 g/mol. The van der Waals surface area contributed by atoms with E-state index in [1.165, 1.54) is 0 Å². The minimum atomic E-state index is -1.80. The van der Waals surface area contributed by atoms with E-state index in [1.54, 1.807) is 0 Å². The first kappa shape index (κ1) is 33.1. The van der Waals surface area contributed by atoms with Gasteiger partial charge in [0, 0.05) is 0 Å². The SMILES string of the molecule is C=CCC(O[Si](C)(C)C)C(COCC(O[Si](C)(C)C)C(CC=C)O[Si](C)(C)C)O[Si](C)(C)C. The fourth-order valence-electron chi connectivity index (χ4n) is 3.43. The third-order valence-corrected chi connectivity index (χ3v) is 8.25. The van der Waals surface area contributed by atoms with Crippen molar-refractivity contribution >= 4 is 33.3 Å². The largest absolute Gasteiger partial charge is 0.412 e. The van der Waals surface area contributed by atoms with Gasteiger partial charge in [-0.05, 0) is 91.4 Å². The molecular weight excluding hydrogens is 481 g/mol. The zero-order valence-corrected chi connectivity index (χ0v) is 27.7. The maximum Gasteiger partial charge on any atom is 0.184 e. The van der Waals surface area contributed by atoms with Crippen molar-refractivity contribution in [2.45, 2.75) is 116 Å². The summed E-state index contributed by atoms with van der Waals surface area (Å²) in [5.41, 5.74) is 0. The van der Waals surface area contributed by atoms with Crippen LogP contribution in [0.25, 0.3) is 0 Å². The Labute approximate surface area is 209 Å². The van der Waals surface area contributed by atoms with Crippen LogP contribution in [0.3, 0.4) is 0 Å². The van der Waals surface area contributed by atoms with E-state index in [0.29, 0.717) is 13.2 Å². The summed E-state index contributed by atoms with van der Waals surface area (Å²) in [5.74, 6) is 0. The van der Waals surface area contributed by atoms with Crippen LogP contribution in [0.1, 0.15) is 12.8 Å². The first-order chi connectivity index (χ1) is 14.8. The average molecular weight is 535 g/mol. The van der Waals surface area contributed by atoms with Gasteiger partial charge in [0.05, 0.1) is 37.6 Å². The van der Waals surface area contributed by atoms with Gasteiger partial charge in [0.2, 0.25) is 0 Å². The minimum Gasteiger partial charge on any atom is -0.412 e. The molecule has 0 amide bonds. The highest BCUT2D eigenvalue weighted by molar-refractivity contribution is 6.71. The van der Waals surface area contributed by atoms with Crippen molar-refractivity contribution < 1.29 is 22.4 Å². The topological polar surface area (TPSA) is 46.2 Å². The van der Waals surface area contributed by atoms with Crippen LogP contribution in [0, 0.1) is 0 Å². The normalized spacial score (nSPS) is 17.3. The number of hydrogen-bond donors (Lipinski definition) is 0. The molecular formula is C24H54O5Si4. The van der Waals surface area contributed by atoms with Gasteiger partial charge in [0.1, 0.15) is 0 Å². The van der Waals surface area contributed by atoms with E-state index in [1.807, 2.05) is 12.2 Å². The summed E-state index contributed by atoms with van der Waals surface area (Å²) in [6, 6.07) is 0. The van der Waals surface area contributed by atoms with E-state index in [9.17, 15) is 0 Å². The predicted octanol–water partition coefficient (Wildman–Crippen LogP) is 7.04. The summed E-state index contributed by atoms with van der Waals surface area (Å²) >= 11 is 0. The van der Waals surface area contributed by atoms with Gasteiger partial charge in [0.15, 0.2) is 33.3 Å². The molecule has 0 aliphatic rings. The molecule has 0 saturated carbocycles. The van der Waals surface area contributed by atoms with Gasteiger partial charge in [0.25, 0.3) is 0 Å². The van der Waals surface area contributed by atoms with E-state index in [-0.39, 0.29) is 24.4 Å². The first-order valence-corrected chi connectivity index (χ1v) is 25.9. The summed E-state index contributed by atoms with van der Waals surface area (Å²) in [5, 5.41) is 0. The lowest BCUT2D eigenvalue weighted by Crippen LogP contribution is -2.49. The third-order valence-electron chi connectivity index (χ3n) is 4.21. The highest BCUT2D eigenvalue weighted by atomic mass is 28.4. The van der Waals surface area contributed by atoms with Crippen LogP contribution >= 0.6 is 0 Å². The second kappa shape index (κ2) is 14.0. The molecule has 0 aliphatic carbocycles. The van der Waals surface area contributed by atoms with Gasteiger partial charge in [-0.25, -0.2) is 0 Å². The standard InChI is InChI=1S/C24H54O5Si4/c1-15-17-21(26-30(3,4)5)23(28-32(9,10)11)19-25-20-24(29-33(12,13)14)22(18-16-2)27-31(6,7)8/h15-16,21-24H,1-2,17-20H2,3-14H3. The van der Waals surface area contributed by atoms with Crippen molar-refractivity contribution in [3.05, 3.63) is 25.3 Å². The Bertz CT molecular complexity index is 523. The molecule has 4 atom stereocenters. The zero-order chi connectivity index (χ0) is 26.1. The second-order valence-corrected chi connectivity index (χ2v) is 30.5. The second-order valence-electron chi connectivity index (χ2n) is 12.7. The van der Waals surface area contributed by atoms with Gasteiger partial charge in [-0.2, -0.15) is 0 Å². The number of hydrogen-bond acceptors (Lipinski definition) is 5. The van der Waals surface area contributed by atoms with E-state index >= 15 is 0 Å².